The van der Waals surface area contributed by atoms with Crippen LogP contribution in [0.25, 0.3) is 0 Å². The van der Waals surface area contributed by atoms with Gasteiger partial charge in [-0.2, -0.15) is 0 Å². The van der Waals surface area contributed by atoms with Gasteiger partial charge in [-0.1, -0.05) is 19.8 Å². The Kier molecular flexibility index (Phi) is 3.72. The summed E-state index contributed by atoms with van der Waals surface area (Å²) in [5.74, 6) is 0.839. The molecule has 1 rings (SSSR count). The van der Waals surface area contributed by atoms with E-state index in [0.717, 1.165) is 18.8 Å². The summed E-state index contributed by atoms with van der Waals surface area (Å²) in [5, 5.41) is 2.97. The molecule has 0 aromatic rings. The van der Waals surface area contributed by atoms with Crippen LogP contribution in [0.5, 0.6) is 0 Å². The zero-order valence-electron chi connectivity index (χ0n) is 8.55. The van der Waals surface area contributed by atoms with Gasteiger partial charge in [-0.15, -0.1) is 0 Å². The van der Waals surface area contributed by atoms with Crippen molar-refractivity contribution in [2.75, 3.05) is 0 Å². The third-order valence-corrected chi connectivity index (χ3v) is 2.57. The molecule has 0 aliphatic heterocycles. The molecule has 1 unspecified atom stereocenters. The zero-order valence-corrected chi connectivity index (χ0v) is 8.55. The van der Waals surface area contributed by atoms with Gasteiger partial charge in [0.2, 0.25) is 5.91 Å². The van der Waals surface area contributed by atoms with Crippen LogP contribution in [-0.4, -0.2) is 18.0 Å². The predicted octanol–water partition coefficient (Wildman–Crippen LogP) is 1.03. The van der Waals surface area contributed by atoms with Gasteiger partial charge in [0, 0.05) is 6.04 Å². The third kappa shape index (κ3) is 3.77. The Morgan fingerprint density at radius 3 is 2.62 bits per heavy atom. The molecule has 0 saturated heterocycles. The number of nitrogens with two attached hydrogens (primary N) is 1. The first kappa shape index (κ1) is 10.5. The summed E-state index contributed by atoms with van der Waals surface area (Å²) in [6.07, 6.45) is 4.82. The maximum Gasteiger partial charge on any atom is 0.236 e. The summed E-state index contributed by atoms with van der Waals surface area (Å²) in [7, 11) is 0. The lowest BCUT2D eigenvalue weighted by Gasteiger charge is -2.17. The van der Waals surface area contributed by atoms with Crippen LogP contribution in [0.2, 0.25) is 0 Å². The summed E-state index contributed by atoms with van der Waals surface area (Å²) in [5.41, 5.74) is 5.47. The molecule has 0 heterocycles. The van der Waals surface area contributed by atoms with Crippen LogP contribution < -0.4 is 11.1 Å². The highest BCUT2D eigenvalue weighted by Crippen LogP contribution is 2.33. The lowest BCUT2D eigenvalue weighted by atomic mass is 10.1. The molecule has 0 aromatic carbocycles. The van der Waals surface area contributed by atoms with Crippen molar-refractivity contribution >= 4 is 5.91 Å². The topological polar surface area (TPSA) is 55.1 Å². The molecule has 1 fully saturated rings. The van der Waals surface area contributed by atoms with Gasteiger partial charge in [0.15, 0.2) is 0 Å². The van der Waals surface area contributed by atoms with E-state index in [1.54, 1.807) is 6.92 Å². The fourth-order valence-corrected chi connectivity index (χ4v) is 1.42. The first-order valence-corrected chi connectivity index (χ1v) is 5.19. The largest absolute Gasteiger partial charge is 0.352 e. The minimum atomic E-state index is -0.381. The van der Waals surface area contributed by atoms with Crippen molar-refractivity contribution in [3.63, 3.8) is 0 Å². The van der Waals surface area contributed by atoms with Crippen molar-refractivity contribution in [3.8, 4) is 0 Å². The first-order valence-electron chi connectivity index (χ1n) is 5.19. The normalized spacial score (nSPS) is 20.8. The van der Waals surface area contributed by atoms with Crippen LogP contribution >= 0.6 is 0 Å². The maximum atomic E-state index is 11.3. The number of hydrogen-bond donors (Lipinski definition) is 2. The molecule has 0 spiro atoms. The molecule has 1 amide bonds. The molecule has 3 heteroatoms. The number of hydrogen-bond acceptors (Lipinski definition) is 2. The molecule has 0 aromatic heterocycles. The van der Waals surface area contributed by atoms with Crippen molar-refractivity contribution in [1.29, 1.82) is 0 Å². The summed E-state index contributed by atoms with van der Waals surface area (Å²) in [6, 6.07) is -0.0424. The van der Waals surface area contributed by atoms with Gasteiger partial charge in [0.05, 0.1) is 6.04 Å². The average Bonchev–Trinajstić information content (AvgIpc) is 2.86. The van der Waals surface area contributed by atoms with Crippen LogP contribution in [0.3, 0.4) is 0 Å². The molecule has 3 N–H and O–H groups in total. The number of nitrogens with one attached hydrogen (secondary N) is 1. The van der Waals surface area contributed by atoms with Gasteiger partial charge >= 0.3 is 0 Å². The minimum Gasteiger partial charge on any atom is -0.352 e. The van der Waals surface area contributed by atoms with Crippen LogP contribution in [0.1, 0.15) is 39.5 Å². The van der Waals surface area contributed by atoms with E-state index in [0.29, 0.717) is 6.04 Å². The van der Waals surface area contributed by atoms with Crippen molar-refractivity contribution in [3.05, 3.63) is 0 Å². The Balaban J connectivity index is 2.25. The van der Waals surface area contributed by atoms with E-state index in [4.69, 9.17) is 5.73 Å². The fraction of sp³-hybridized carbons (Fsp3) is 0.900. The predicted molar refractivity (Wildman–Crippen MR) is 53.2 cm³/mol. The van der Waals surface area contributed by atoms with Crippen LogP contribution in [0.15, 0.2) is 0 Å². The van der Waals surface area contributed by atoms with Gasteiger partial charge in [0.1, 0.15) is 0 Å². The standard InChI is InChI=1S/C10H20N2O/c1-3-9(6-8-4-5-8)12-10(13)7(2)11/h7-9H,3-6,11H2,1-2H3,(H,12,13)/t7-,9?/m1/s1. The minimum absolute atomic E-state index is 0.0208. The molecule has 2 atom stereocenters. The van der Waals surface area contributed by atoms with E-state index in [1.165, 1.54) is 12.8 Å². The van der Waals surface area contributed by atoms with Gasteiger partial charge in [-0.3, -0.25) is 4.79 Å². The molecule has 0 bridgehead atoms. The molecular weight excluding hydrogens is 164 g/mol. The van der Waals surface area contributed by atoms with Gasteiger partial charge in [-0.05, 0) is 25.7 Å². The van der Waals surface area contributed by atoms with Crippen LogP contribution in [-0.2, 0) is 4.79 Å². The quantitative estimate of drug-likeness (QED) is 0.670. The van der Waals surface area contributed by atoms with E-state index in [1.807, 2.05) is 0 Å². The molecule has 1 aliphatic carbocycles. The van der Waals surface area contributed by atoms with Gasteiger partial charge < -0.3 is 11.1 Å². The second kappa shape index (κ2) is 4.61. The molecule has 1 aliphatic rings. The van der Waals surface area contributed by atoms with Gasteiger partial charge in [-0.25, -0.2) is 0 Å². The Hall–Kier alpha value is -0.570. The van der Waals surface area contributed by atoms with Gasteiger partial charge in [0.25, 0.3) is 0 Å². The molecule has 13 heavy (non-hydrogen) atoms. The highest BCUT2D eigenvalue weighted by molar-refractivity contribution is 5.81. The zero-order chi connectivity index (χ0) is 9.84. The number of rotatable bonds is 5. The average molecular weight is 184 g/mol. The monoisotopic (exact) mass is 184 g/mol. The molecule has 0 radical (unpaired) electrons. The Labute approximate surface area is 80.1 Å². The number of amides is 1. The van der Waals surface area contributed by atoms with Crippen molar-refractivity contribution in [2.45, 2.75) is 51.6 Å². The molecule has 1 saturated carbocycles. The fourth-order valence-electron chi connectivity index (χ4n) is 1.42. The van der Waals surface area contributed by atoms with Crippen molar-refractivity contribution < 1.29 is 4.79 Å². The van der Waals surface area contributed by atoms with E-state index in [2.05, 4.69) is 12.2 Å². The smallest absolute Gasteiger partial charge is 0.236 e. The Morgan fingerprint density at radius 2 is 2.23 bits per heavy atom. The lowest BCUT2D eigenvalue weighted by Crippen LogP contribution is -2.43. The lowest BCUT2D eigenvalue weighted by molar-refractivity contribution is -0.122. The van der Waals surface area contributed by atoms with E-state index < -0.39 is 0 Å². The summed E-state index contributed by atoms with van der Waals surface area (Å²) in [4.78, 5) is 11.3. The number of carbonyl (C=O) groups is 1. The molecule has 76 valence electrons. The van der Waals surface area contributed by atoms with E-state index >= 15 is 0 Å². The first-order chi connectivity index (χ1) is 6.13. The van der Waals surface area contributed by atoms with Crippen molar-refractivity contribution in [1.82, 2.24) is 5.32 Å². The van der Waals surface area contributed by atoms with Crippen LogP contribution in [0, 0.1) is 5.92 Å². The summed E-state index contributed by atoms with van der Waals surface area (Å²) < 4.78 is 0. The summed E-state index contributed by atoms with van der Waals surface area (Å²) in [6.45, 7) is 3.83. The maximum absolute atomic E-state index is 11.3. The van der Waals surface area contributed by atoms with Crippen molar-refractivity contribution in [2.24, 2.45) is 11.7 Å². The Bertz CT molecular complexity index is 176. The molecule has 3 nitrogen and oxygen atoms in total. The highest BCUT2D eigenvalue weighted by atomic mass is 16.2. The second-order valence-electron chi connectivity index (χ2n) is 4.08. The SMILES string of the molecule is CCC(CC1CC1)NC(=O)[C@@H](C)N. The third-order valence-electron chi connectivity index (χ3n) is 2.57. The second-order valence-corrected chi connectivity index (χ2v) is 4.08. The highest BCUT2D eigenvalue weighted by Gasteiger charge is 2.25. The molecular formula is C10H20N2O. The summed E-state index contributed by atoms with van der Waals surface area (Å²) >= 11 is 0. The van der Waals surface area contributed by atoms with Crippen LogP contribution in [0.4, 0.5) is 0 Å². The van der Waals surface area contributed by atoms with E-state index in [-0.39, 0.29) is 11.9 Å². The Morgan fingerprint density at radius 1 is 1.62 bits per heavy atom. The number of carbonyl (C=O) groups excluding carboxylic acids is 1. The van der Waals surface area contributed by atoms with E-state index in [9.17, 15) is 4.79 Å².